The molecule has 1 saturated heterocycles. The summed E-state index contributed by atoms with van der Waals surface area (Å²) in [5, 5.41) is 12.7. The Labute approximate surface area is 137 Å². The SMILES string of the molecule is CNC(=O)C1=C2SCC(=O)N2C(N)=C(C#N)C1c1ccccc1. The Hall–Kier alpha value is -2.72. The molecule has 1 fully saturated rings. The molecule has 116 valence electrons. The second-order valence-corrected chi connectivity index (χ2v) is 6.03. The van der Waals surface area contributed by atoms with Crippen LogP contribution in [0, 0.1) is 11.3 Å². The fraction of sp³-hybridized carbons (Fsp3) is 0.188. The molecule has 2 aliphatic rings. The summed E-state index contributed by atoms with van der Waals surface area (Å²) in [7, 11) is 1.53. The van der Waals surface area contributed by atoms with E-state index in [0.717, 1.165) is 5.56 Å². The number of carbonyl (C=O) groups excluding carboxylic acids is 2. The van der Waals surface area contributed by atoms with Crippen LogP contribution >= 0.6 is 11.8 Å². The fourth-order valence-corrected chi connectivity index (χ4v) is 3.90. The molecule has 0 aromatic heterocycles. The number of allylic oxidation sites excluding steroid dienone is 1. The number of carbonyl (C=O) groups is 2. The lowest BCUT2D eigenvalue weighted by atomic mass is 9.82. The van der Waals surface area contributed by atoms with Crippen molar-refractivity contribution >= 4 is 23.6 Å². The average Bonchev–Trinajstić information content (AvgIpc) is 2.96. The highest BCUT2D eigenvalue weighted by Crippen LogP contribution is 2.46. The molecule has 0 radical (unpaired) electrons. The largest absolute Gasteiger partial charge is 0.384 e. The predicted molar refractivity (Wildman–Crippen MR) is 86.4 cm³/mol. The third kappa shape index (κ3) is 2.28. The van der Waals surface area contributed by atoms with E-state index in [0.29, 0.717) is 10.6 Å². The third-order valence-electron chi connectivity index (χ3n) is 3.83. The maximum absolute atomic E-state index is 12.5. The van der Waals surface area contributed by atoms with E-state index in [2.05, 4.69) is 11.4 Å². The minimum absolute atomic E-state index is 0.110. The van der Waals surface area contributed by atoms with E-state index in [1.165, 1.54) is 23.7 Å². The van der Waals surface area contributed by atoms with Gasteiger partial charge in [-0.3, -0.25) is 14.5 Å². The van der Waals surface area contributed by atoms with Crippen molar-refractivity contribution in [3.63, 3.8) is 0 Å². The first-order valence-electron chi connectivity index (χ1n) is 6.96. The van der Waals surface area contributed by atoms with Gasteiger partial charge in [-0.05, 0) is 5.56 Å². The van der Waals surface area contributed by atoms with Crippen molar-refractivity contribution in [2.75, 3.05) is 12.8 Å². The molecular weight excluding hydrogens is 312 g/mol. The van der Waals surface area contributed by atoms with Crippen LogP contribution in [0.4, 0.5) is 0 Å². The van der Waals surface area contributed by atoms with Gasteiger partial charge in [0, 0.05) is 7.05 Å². The zero-order valence-corrected chi connectivity index (χ0v) is 13.2. The summed E-state index contributed by atoms with van der Waals surface area (Å²) in [6.07, 6.45) is 0. The van der Waals surface area contributed by atoms with Crippen molar-refractivity contribution in [3.8, 4) is 6.07 Å². The molecule has 1 aromatic carbocycles. The van der Waals surface area contributed by atoms with Crippen molar-refractivity contribution in [3.05, 3.63) is 57.9 Å². The van der Waals surface area contributed by atoms with Crippen LogP contribution < -0.4 is 11.1 Å². The van der Waals surface area contributed by atoms with E-state index in [1.807, 2.05) is 30.3 Å². The molecule has 1 atom stereocenters. The number of nitriles is 1. The van der Waals surface area contributed by atoms with Crippen LogP contribution in [0.15, 0.2) is 52.3 Å². The molecule has 3 rings (SSSR count). The van der Waals surface area contributed by atoms with Crippen molar-refractivity contribution in [1.82, 2.24) is 10.2 Å². The van der Waals surface area contributed by atoms with E-state index >= 15 is 0 Å². The zero-order valence-electron chi connectivity index (χ0n) is 12.4. The summed E-state index contributed by atoms with van der Waals surface area (Å²) in [5.74, 6) is -0.800. The molecule has 3 N–H and O–H groups in total. The number of nitrogens with two attached hydrogens (primary N) is 1. The molecule has 6 nitrogen and oxygen atoms in total. The van der Waals surface area contributed by atoms with Gasteiger partial charge in [-0.1, -0.05) is 42.1 Å². The van der Waals surface area contributed by atoms with Crippen LogP contribution in [0.5, 0.6) is 0 Å². The van der Waals surface area contributed by atoms with Crippen molar-refractivity contribution in [1.29, 1.82) is 5.26 Å². The number of benzene rings is 1. The van der Waals surface area contributed by atoms with Gasteiger partial charge in [-0.25, -0.2) is 0 Å². The highest BCUT2D eigenvalue weighted by Gasteiger charge is 2.43. The molecule has 1 aromatic rings. The summed E-state index contributed by atoms with van der Waals surface area (Å²) in [6.45, 7) is 0. The second kappa shape index (κ2) is 5.82. The molecule has 0 spiro atoms. The Kier molecular flexibility index (Phi) is 3.84. The number of thioether (sulfide) groups is 1. The van der Waals surface area contributed by atoms with Gasteiger partial charge >= 0.3 is 0 Å². The predicted octanol–water partition coefficient (Wildman–Crippen LogP) is 1.01. The molecule has 23 heavy (non-hydrogen) atoms. The van der Waals surface area contributed by atoms with Gasteiger partial charge in [0.05, 0.1) is 33.9 Å². The smallest absolute Gasteiger partial charge is 0.250 e. The van der Waals surface area contributed by atoms with E-state index in [-0.39, 0.29) is 29.0 Å². The van der Waals surface area contributed by atoms with Gasteiger partial charge in [0.15, 0.2) is 0 Å². The van der Waals surface area contributed by atoms with E-state index in [4.69, 9.17) is 5.73 Å². The Morgan fingerprint density at radius 2 is 2.13 bits per heavy atom. The lowest BCUT2D eigenvalue weighted by molar-refractivity contribution is -0.124. The van der Waals surface area contributed by atoms with Crippen LogP contribution in [-0.4, -0.2) is 29.5 Å². The molecule has 0 saturated carbocycles. The van der Waals surface area contributed by atoms with Gasteiger partial charge in [-0.15, -0.1) is 0 Å². The highest BCUT2D eigenvalue weighted by atomic mass is 32.2. The van der Waals surface area contributed by atoms with Gasteiger partial charge in [0.2, 0.25) is 5.91 Å². The van der Waals surface area contributed by atoms with Crippen molar-refractivity contribution < 1.29 is 9.59 Å². The number of hydrogen-bond donors (Lipinski definition) is 2. The number of fused-ring (bicyclic) bond motifs is 1. The highest BCUT2D eigenvalue weighted by molar-refractivity contribution is 8.04. The first kappa shape index (κ1) is 15.2. The van der Waals surface area contributed by atoms with Crippen LogP contribution in [0.1, 0.15) is 11.5 Å². The zero-order chi connectivity index (χ0) is 16.6. The van der Waals surface area contributed by atoms with E-state index in [1.54, 1.807) is 0 Å². The molecule has 1 unspecified atom stereocenters. The summed E-state index contributed by atoms with van der Waals surface area (Å²) in [6, 6.07) is 11.3. The second-order valence-electron chi connectivity index (χ2n) is 5.07. The Morgan fingerprint density at radius 1 is 1.43 bits per heavy atom. The van der Waals surface area contributed by atoms with Crippen LogP contribution in [0.25, 0.3) is 0 Å². The van der Waals surface area contributed by atoms with Gasteiger partial charge in [0.25, 0.3) is 5.91 Å². The molecule has 2 amide bonds. The lowest BCUT2D eigenvalue weighted by Gasteiger charge is -2.31. The van der Waals surface area contributed by atoms with Crippen LogP contribution in [-0.2, 0) is 9.59 Å². The first-order chi connectivity index (χ1) is 11.1. The first-order valence-corrected chi connectivity index (χ1v) is 7.95. The Bertz CT molecular complexity index is 792. The van der Waals surface area contributed by atoms with E-state index in [9.17, 15) is 14.9 Å². The molecule has 7 heteroatoms. The summed E-state index contributed by atoms with van der Waals surface area (Å²) >= 11 is 1.27. The number of likely N-dealkylation sites (N-methyl/N-ethyl adjacent to an activating group) is 1. The minimum atomic E-state index is -0.578. The summed E-state index contributed by atoms with van der Waals surface area (Å²) in [4.78, 5) is 25.9. The normalized spacial score (nSPS) is 20.4. The standard InChI is InChI=1S/C16H14N4O2S/c1-19-15(22)13-12(9-5-3-2-4-6-9)10(7-17)14(18)20-11(21)8-23-16(13)20/h2-6,12H,8,18H2,1H3,(H,19,22). The Morgan fingerprint density at radius 3 is 2.74 bits per heavy atom. The minimum Gasteiger partial charge on any atom is -0.384 e. The number of rotatable bonds is 2. The summed E-state index contributed by atoms with van der Waals surface area (Å²) in [5.41, 5.74) is 7.48. The van der Waals surface area contributed by atoms with Gasteiger partial charge in [0.1, 0.15) is 5.82 Å². The molecule has 0 bridgehead atoms. The van der Waals surface area contributed by atoms with Crippen molar-refractivity contribution in [2.45, 2.75) is 5.92 Å². The quantitative estimate of drug-likeness (QED) is 0.845. The Balaban J connectivity index is 2.28. The average molecular weight is 326 g/mol. The maximum Gasteiger partial charge on any atom is 0.250 e. The number of hydrogen-bond acceptors (Lipinski definition) is 5. The van der Waals surface area contributed by atoms with Crippen LogP contribution in [0.3, 0.4) is 0 Å². The lowest BCUT2D eigenvalue weighted by Crippen LogP contribution is -2.38. The molecule has 2 aliphatic heterocycles. The number of amides is 2. The molecular formula is C16H14N4O2S. The fourth-order valence-electron chi connectivity index (χ4n) is 2.81. The maximum atomic E-state index is 12.5. The molecule has 0 aliphatic carbocycles. The topological polar surface area (TPSA) is 99.2 Å². The van der Waals surface area contributed by atoms with Crippen molar-refractivity contribution in [2.24, 2.45) is 5.73 Å². The van der Waals surface area contributed by atoms with Gasteiger partial charge < -0.3 is 11.1 Å². The number of nitrogens with one attached hydrogen (secondary N) is 1. The number of nitrogens with zero attached hydrogens (tertiary/aromatic N) is 2. The monoisotopic (exact) mass is 326 g/mol. The summed E-state index contributed by atoms with van der Waals surface area (Å²) < 4.78 is 0. The van der Waals surface area contributed by atoms with Crippen LogP contribution in [0.2, 0.25) is 0 Å². The molecule has 2 heterocycles. The van der Waals surface area contributed by atoms with Gasteiger partial charge in [-0.2, -0.15) is 5.26 Å². The third-order valence-corrected chi connectivity index (χ3v) is 4.90. The van der Waals surface area contributed by atoms with E-state index < -0.39 is 5.92 Å².